The van der Waals surface area contributed by atoms with Crippen LogP contribution in [0.25, 0.3) is 16.7 Å². The molecule has 0 aliphatic heterocycles. The van der Waals surface area contributed by atoms with Crippen molar-refractivity contribution in [3.05, 3.63) is 83.3 Å². The van der Waals surface area contributed by atoms with Crippen molar-refractivity contribution in [3.8, 4) is 5.75 Å². The van der Waals surface area contributed by atoms with Crippen LogP contribution >= 0.6 is 0 Å². The zero-order chi connectivity index (χ0) is 23.2. The first kappa shape index (κ1) is 21.1. The highest BCUT2D eigenvalue weighted by Gasteiger charge is 2.18. The molecule has 0 bridgehead atoms. The van der Waals surface area contributed by atoms with Gasteiger partial charge < -0.3 is 9.30 Å². The number of aryl methyl sites for hydroxylation is 1. The molecule has 0 aliphatic rings. The molecule has 0 spiro atoms. The summed E-state index contributed by atoms with van der Waals surface area (Å²) in [5.74, 6) is 1.43. The van der Waals surface area contributed by atoms with Gasteiger partial charge in [-0.3, -0.25) is 4.98 Å². The second-order valence-corrected chi connectivity index (χ2v) is 9.45. The Hall–Kier alpha value is -3.74. The highest BCUT2D eigenvalue weighted by atomic mass is 16.5. The van der Waals surface area contributed by atoms with Crippen LogP contribution in [0.3, 0.4) is 0 Å². The lowest BCUT2D eigenvalue weighted by Crippen LogP contribution is -2.10. The molecule has 0 unspecified atom stereocenters. The molecule has 0 N–H and O–H groups in total. The van der Waals surface area contributed by atoms with Crippen molar-refractivity contribution >= 4 is 16.7 Å². The maximum atomic E-state index is 5.97. The highest BCUT2D eigenvalue weighted by Crippen LogP contribution is 2.28. The van der Waals surface area contributed by atoms with Gasteiger partial charge in [0, 0.05) is 24.6 Å². The van der Waals surface area contributed by atoms with E-state index in [1.807, 2.05) is 36.7 Å². The van der Waals surface area contributed by atoms with E-state index in [1.165, 1.54) is 16.8 Å². The Morgan fingerprint density at radius 2 is 1.67 bits per heavy atom. The van der Waals surface area contributed by atoms with E-state index in [2.05, 4.69) is 61.4 Å². The first-order valence-corrected chi connectivity index (χ1v) is 11.1. The molecule has 168 valence electrons. The molecular formula is C26H28N6O. The van der Waals surface area contributed by atoms with E-state index in [1.54, 1.807) is 10.8 Å². The first-order chi connectivity index (χ1) is 15.8. The summed E-state index contributed by atoms with van der Waals surface area (Å²) in [7, 11) is 0. The van der Waals surface area contributed by atoms with Crippen LogP contribution in [-0.4, -0.2) is 29.1 Å². The Kier molecular flexibility index (Phi) is 5.12. The average molecular weight is 441 g/mol. The smallest absolute Gasteiger partial charge is 0.189 e. The molecule has 1 aromatic carbocycles. The Labute approximate surface area is 193 Å². The third-order valence-electron chi connectivity index (χ3n) is 6.17. The second kappa shape index (κ2) is 7.99. The summed E-state index contributed by atoms with van der Waals surface area (Å²) in [5, 5.41) is 5.62. The molecule has 0 saturated heterocycles. The van der Waals surface area contributed by atoms with E-state index in [4.69, 9.17) is 14.7 Å². The van der Waals surface area contributed by atoms with Gasteiger partial charge in [-0.05, 0) is 60.2 Å². The lowest BCUT2D eigenvalue weighted by molar-refractivity contribution is 0.296. The SMILES string of the molecule is Cc1c(C)n(Cc2ccncc2)c2ncn3nc(COc4ccc(C(C)(C)C)cc4)nc3c12. The van der Waals surface area contributed by atoms with Crippen LogP contribution < -0.4 is 4.74 Å². The number of pyridine rings is 1. The van der Waals surface area contributed by atoms with Gasteiger partial charge in [-0.1, -0.05) is 32.9 Å². The Balaban J connectivity index is 1.44. The van der Waals surface area contributed by atoms with Crippen molar-refractivity contribution in [2.45, 2.75) is 53.2 Å². The maximum Gasteiger partial charge on any atom is 0.189 e. The van der Waals surface area contributed by atoms with Gasteiger partial charge in [0.05, 0.1) is 5.39 Å². The molecule has 4 aromatic heterocycles. The van der Waals surface area contributed by atoms with Crippen LogP contribution in [0.2, 0.25) is 0 Å². The van der Waals surface area contributed by atoms with Crippen LogP contribution in [0.4, 0.5) is 0 Å². The minimum atomic E-state index is 0.115. The van der Waals surface area contributed by atoms with Crippen molar-refractivity contribution in [2.24, 2.45) is 0 Å². The predicted molar refractivity (Wildman–Crippen MR) is 129 cm³/mol. The molecule has 0 fully saturated rings. The lowest BCUT2D eigenvalue weighted by Gasteiger charge is -2.19. The van der Waals surface area contributed by atoms with Crippen LogP contribution in [0.15, 0.2) is 55.1 Å². The zero-order valence-electron chi connectivity index (χ0n) is 19.7. The minimum Gasteiger partial charge on any atom is -0.486 e. The monoisotopic (exact) mass is 440 g/mol. The summed E-state index contributed by atoms with van der Waals surface area (Å²) in [5.41, 5.74) is 6.61. The Bertz CT molecular complexity index is 1430. The number of nitrogens with zero attached hydrogens (tertiary/aromatic N) is 6. The van der Waals surface area contributed by atoms with Crippen molar-refractivity contribution in [3.63, 3.8) is 0 Å². The van der Waals surface area contributed by atoms with Crippen molar-refractivity contribution in [2.75, 3.05) is 0 Å². The number of benzene rings is 1. The van der Waals surface area contributed by atoms with E-state index in [-0.39, 0.29) is 5.41 Å². The number of rotatable bonds is 5. The predicted octanol–water partition coefficient (Wildman–Crippen LogP) is 5.02. The fourth-order valence-electron chi connectivity index (χ4n) is 4.10. The van der Waals surface area contributed by atoms with Crippen molar-refractivity contribution in [1.29, 1.82) is 0 Å². The molecule has 0 atom stereocenters. The summed E-state index contributed by atoms with van der Waals surface area (Å²) >= 11 is 0. The molecule has 0 saturated carbocycles. The summed E-state index contributed by atoms with van der Waals surface area (Å²) in [6.07, 6.45) is 5.36. The van der Waals surface area contributed by atoms with Gasteiger partial charge in [0.25, 0.3) is 0 Å². The first-order valence-electron chi connectivity index (χ1n) is 11.1. The van der Waals surface area contributed by atoms with Crippen LogP contribution in [0.1, 0.15) is 49.0 Å². The van der Waals surface area contributed by atoms with E-state index in [9.17, 15) is 0 Å². The summed E-state index contributed by atoms with van der Waals surface area (Å²) in [4.78, 5) is 13.6. The molecule has 7 heteroatoms. The van der Waals surface area contributed by atoms with Crippen LogP contribution in [0.5, 0.6) is 5.75 Å². The minimum absolute atomic E-state index is 0.115. The van der Waals surface area contributed by atoms with Gasteiger partial charge in [0.15, 0.2) is 11.5 Å². The van der Waals surface area contributed by atoms with Crippen LogP contribution in [0, 0.1) is 13.8 Å². The van der Waals surface area contributed by atoms with E-state index < -0.39 is 0 Å². The molecular weight excluding hydrogens is 412 g/mol. The van der Waals surface area contributed by atoms with Gasteiger partial charge in [-0.25, -0.2) is 14.5 Å². The van der Waals surface area contributed by atoms with E-state index >= 15 is 0 Å². The number of fused-ring (bicyclic) bond motifs is 3. The number of ether oxygens (including phenoxy) is 1. The molecule has 0 aliphatic carbocycles. The topological polar surface area (TPSA) is 70.1 Å². The second-order valence-electron chi connectivity index (χ2n) is 9.45. The van der Waals surface area contributed by atoms with Gasteiger partial charge in [-0.15, -0.1) is 5.10 Å². The number of aromatic nitrogens is 6. The zero-order valence-corrected chi connectivity index (χ0v) is 19.7. The largest absolute Gasteiger partial charge is 0.486 e. The fourth-order valence-corrected chi connectivity index (χ4v) is 4.10. The van der Waals surface area contributed by atoms with E-state index in [0.29, 0.717) is 12.4 Å². The summed E-state index contributed by atoms with van der Waals surface area (Å²) in [6, 6.07) is 12.3. The van der Waals surface area contributed by atoms with Crippen LogP contribution in [-0.2, 0) is 18.6 Å². The normalized spacial score (nSPS) is 12.0. The van der Waals surface area contributed by atoms with Gasteiger partial charge in [0.1, 0.15) is 24.3 Å². The van der Waals surface area contributed by atoms with Gasteiger partial charge in [0.2, 0.25) is 0 Å². The van der Waals surface area contributed by atoms with Gasteiger partial charge >= 0.3 is 0 Å². The Morgan fingerprint density at radius 1 is 0.939 bits per heavy atom. The number of hydrogen-bond acceptors (Lipinski definition) is 5. The summed E-state index contributed by atoms with van der Waals surface area (Å²) in [6.45, 7) is 11.9. The highest BCUT2D eigenvalue weighted by molar-refractivity contribution is 5.93. The molecule has 0 amide bonds. The van der Waals surface area contributed by atoms with Crippen molar-refractivity contribution < 1.29 is 4.74 Å². The number of hydrogen-bond donors (Lipinski definition) is 0. The van der Waals surface area contributed by atoms with E-state index in [0.717, 1.165) is 34.5 Å². The molecule has 5 aromatic rings. The summed E-state index contributed by atoms with van der Waals surface area (Å²) < 4.78 is 9.94. The van der Waals surface area contributed by atoms with Crippen molar-refractivity contribution in [1.82, 2.24) is 29.1 Å². The molecule has 5 rings (SSSR count). The third-order valence-corrected chi connectivity index (χ3v) is 6.17. The fraction of sp³-hybridized carbons (Fsp3) is 0.308. The molecule has 7 nitrogen and oxygen atoms in total. The quantitative estimate of drug-likeness (QED) is 0.384. The Morgan fingerprint density at radius 3 is 2.36 bits per heavy atom. The molecule has 33 heavy (non-hydrogen) atoms. The lowest BCUT2D eigenvalue weighted by atomic mass is 9.87. The third kappa shape index (κ3) is 3.95. The molecule has 4 heterocycles. The molecule has 0 radical (unpaired) electrons. The average Bonchev–Trinajstić information content (AvgIpc) is 3.32. The van der Waals surface area contributed by atoms with Gasteiger partial charge in [-0.2, -0.15) is 0 Å². The standard InChI is InChI=1S/C26H28N6O/c1-17-18(2)31(14-19-10-12-27-13-11-19)24-23(17)25-29-22(30-32(25)16-28-24)15-33-21-8-6-20(7-9-21)26(3,4)5/h6-13,16H,14-15H2,1-5H3. The maximum absolute atomic E-state index is 5.97.